The van der Waals surface area contributed by atoms with E-state index in [1.54, 1.807) is 19.9 Å². The van der Waals surface area contributed by atoms with Crippen molar-refractivity contribution in [2.45, 2.75) is 57.4 Å². The highest BCUT2D eigenvalue weighted by atomic mass is 32.2. The summed E-state index contributed by atoms with van der Waals surface area (Å²) in [6.07, 6.45) is 4.19. The molecule has 1 fully saturated rings. The molecule has 1 aliphatic carbocycles. The third kappa shape index (κ3) is 4.57. The number of ether oxygens (including phenoxy) is 1. The average Bonchev–Trinajstić information content (AvgIpc) is 2.61. The van der Waals surface area contributed by atoms with Crippen LogP contribution >= 0.6 is 0 Å². The molecule has 0 saturated heterocycles. The Labute approximate surface area is 157 Å². The number of carbonyl (C=O) groups is 1. The van der Waals surface area contributed by atoms with Crippen molar-refractivity contribution >= 4 is 15.9 Å². The summed E-state index contributed by atoms with van der Waals surface area (Å²) in [6, 6.07) is 4.59. The number of nitrogens with zero attached hydrogens (tertiary/aromatic N) is 1. The Bertz CT molecular complexity index is 729. The van der Waals surface area contributed by atoms with Gasteiger partial charge in [-0.05, 0) is 37.0 Å². The summed E-state index contributed by atoms with van der Waals surface area (Å²) in [5.74, 6) is 0.688. The van der Waals surface area contributed by atoms with Crippen LogP contribution in [0.25, 0.3) is 0 Å². The minimum absolute atomic E-state index is 0.115. The summed E-state index contributed by atoms with van der Waals surface area (Å²) in [5.41, 5.74) is 0.263. The molecular formula is C19H30N2O4S. The summed E-state index contributed by atoms with van der Waals surface area (Å²) in [6.45, 7) is 6.54. The molecule has 0 radical (unpaired) electrons. The standard InChI is InChI=1S/C19H30N2O4S/c1-5-21(6-2)26(23,24)16-10-11-18(25-4)17(13-16)19(22)20-15-9-7-8-14(3)12-15/h10-11,13-15H,5-9,12H2,1-4H3,(H,20,22). The van der Waals surface area contributed by atoms with Gasteiger partial charge in [0.15, 0.2) is 0 Å². The van der Waals surface area contributed by atoms with Crippen molar-refractivity contribution in [2.75, 3.05) is 20.2 Å². The second-order valence-corrected chi connectivity index (χ2v) is 8.83. The molecule has 1 saturated carbocycles. The van der Waals surface area contributed by atoms with E-state index in [4.69, 9.17) is 4.74 Å². The van der Waals surface area contributed by atoms with E-state index >= 15 is 0 Å². The maximum Gasteiger partial charge on any atom is 0.255 e. The van der Waals surface area contributed by atoms with Crippen LogP contribution in [0.4, 0.5) is 0 Å². The summed E-state index contributed by atoms with van der Waals surface area (Å²) < 4.78 is 32.2. The largest absolute Gasteiger partial charge is 0.496 e. The predicted molar refractivity (Wildman–Crippen MR) is 102 cm³/mol. The molecule has 0 heterocycles. The molecule has 1 amide bonds. The topological polar surface area (TPSA) is 75.7 Å². The van der Waals surface area contributed by atoms with Crippen molar-refractivity contribution in [3.8, 4) is 5.75 Å². The molecule has 1 aromatic rings. The van der Waals surface area contributed by atoms with Crippen LogP contribution in [-0.2, 0) is 10.0 Å². The number of hydrogen-bond donors (Lipinski definition) is 1. The Hall–Kier alpha value is -1.60. The van der Waals surface area contributed by atoms with Gasteiger partial charge in [0, 0.05) is 19.1 Å². The van der Waals surface area contributed by atoms with Gasteiger partial charge in [-0.2, -0.15) is 4.31 Å². The van der Waals surface area contributed by atoms with Gasteiger partial charge in [0.2, 0.25) is 10.0 Å². The van der Waals surface area contributed by atoms with Crippen LogP contribution in [0, 0.1) is 5.92 Å². The number of sulfonamides is 1. The van der Waals surface area contributed by atoms with Crippen molar-refractivity contribution < 1.29 is 17.9 Å². The molecule has 1 aromatic carbocycles. The average molecular weight is 383 g/mol. The fraction of sp³-hybridized carbons (Fsp3) is 0.632. The minimum Gasteiger partial charge on any atom is -0.496 e. The van der Waals surface area contributed by atoms with Crippen molar-refractivity contribution in [3.05, 3.63) is 23.8 Å². The van der Waals surface area contributed by atoms with Crippen LogP contribution in [-0.4, -0.2) is 44.9 Å². The monoisotopic (exact) mass is 382 g/mol. The predicted octanol–water partition coefficient (Wildman–Crippen LogP) is 3.03. The Balaban J connectivity index is 2.30. The molecule has 26 heavy (non-hydrogen) atoms. The van der Waals surface area contributed by atoms with Crippen molar-refractivity contribution in [3.63, 3.8) is 0 Å². The first-order chi connectivity index (χ1) is 12.3. The van der Waals surface area contributed by atoms with Gasteiger partial charge in [0.05, 0.1) is 17.6 Å². The summed E-state index contributed by atoms with van der Waals surface area (Å²) >= 11 is 0. The number of amides is 1. The Morgan fingerprint density at radius 2 is 1.96 bits per heavy atom. The van der Waals surface area contributed by atoms with Gasteiger partial charge in [-0.1, -0.05) is 33.6 Å². The maximum atomic E-state index is 12.8. The minimum atomic E-state index is -3.63. The molecule has 2 atom stereocenters. The summed E-state index contributed by atoms with van der Waals surface area (Å²) in [4.78, 5) is 12.9. The Morgan fingerprint density at radius 3 is 2.54 bits per heavy atom. The second kappa shape index (κ2) is 8.86. The van der Waals surface area contributed by atoms with Gasteiger partial charge in [-0.25, -0.2) is 8.42 Å². The van der Waals surface area contributed by atoms with Crippen molar-refractivity contribution in [1.29, 1.82) is 0 Å². The Kier molecular flexibility index (Phi) is 7.06. The highest BCUT2D eigenvalue weighted by Gasteiger charge is 2.26. The van der Waals surface area contributed by atoms with Gasteiger partial charge < -0.3 is 10.1 Å². The molecule has 0 aliphatic heterocycles. The number of hydrogen-bond acceptors (Lipinski definition) is 4. The number of rotatable bonds is 7. The molecule has 0 aromatic heterocycles. The van der Waals surface area contributed by atoms with Crippen LogP contribution in [0.15, 0.2) is 23.1 Å². The van der Waals surface area contributed by atoms with E-state index in [1.807, 2.05) is 0 Å². The molecule has 2 rings (SSSR count). The third-order valence-corrected chi connectivity index (χ3v) is 7.08. The number of benzene rings is 1. The van der Waals surface area contributed by atoms with Gasteiger partial charge >= 0.3 is 0 Å². The zero-order valence-electron chi connectivity index (χ0n) is 16.1. The van der Waals surface area contributed by atoms with E-state index in [-0.39, 0.29) is 22.4 Å². The normalized spacial score (nSPS) is 20.8. The number of nitrogens with one attached hydrogen (secondary N) is 1. The molecular weight excluding hydrogens is 352 g/mol. The molecule has 0 bridgehead atoms. The summed E-state index contributed by atoms with van der Waals surface area (Å²) in [5, 5.41) is 3.05. The lowest BCUT2D eigenvalue weighted by atomic mass is 9.87. The first-order valence-corrected chi connectivity index (χ1v) is 10.8. The third-order valence-electron chi connectivity index (χ3n) is 5.03. The van der Waals surface area contributed by atoms with Gasteiger partial charge in [0.1, 0.15) is 5.75 Å². The van der Waals surface area contributed by atoms with Crippen LogP contribution in [0.5, 0.6) is 5.75 Å². The molecule has 2 unspecified atom stereocenters. The summed E-state index contributed by atoms with van der Waals surface area (Å²) in [7, 11) is -2.15. The second-order valence-electron chi connectivity index (χ2n) is 6.89. The maximum absolute atomic E-state index is 12.8. The SMILES string of the molecule is CCN(CC)S(=O)(=O)c1ccc(OC)c(C(=O)NC2CCCC(C)C2)c1. The van der Waals surface area contributed by atoms with E-state index < -0.39 is 10.0 Å². The van der Waals surface area contributed by atoms with Crippen LogP contribution in [0.2, 0.25) is 0 Å². The number of carbonyl (C=O) groups excluding carboxylic acids is 1. The molecule has 0 spiro atoms. The highest BCUT2D eigenvalue weighted by Crippen LogP contribution is 2.27. The van der Waals surface area contributed by atoms with Crippen LogP contribution in [0.1, 0.15) is 56.8 Å². The lowest BCUT2D eigenvalue weighted by Gasteiger charge is -2.27. The zero-order valence-corrected chi connectivity index (χ0v) is 16.9. The van der Waals surface area contributed by atoms with E-state index in [1.165, 1.54) is 30.0 Å². The van der Waals surface area contributed by atoms with E-state index in [0.29, 0.717) is 24.8 Å². The van der Waals surface area contributed by atoms with Gasteiger partial charge in [-0.3, -0.25) is 4.79 Å². The quantitative estimate of drug-likeness (QED) is 0.786. The van der Waals surface area contributed by atoms with Crippen LogP contribution < -0.4 is 10.1 Å². The highest BCUT2D eigenvalue weighted by molar-refractivity contribution is 7.89. The smallest absolute Gasteiger partial charge is 0.255 e. The van der Waals surface area contributed by atoms with Gasteiger partial charge in [0.25, 0.3) is 5.91 Å². The lowest BCUT2D eigenvalue weighted by Crippen LogP contribution is -2.38. The van der Waals surface area contributed by atoms with Crippen LogP contribution in [0.3, 0.4) is 0 Å². The fourth-order valence-electron chi connectivity index (χ4n) is 3.57. The first kappa shape index (κ1) is 20.7. The van der Waals surface area contributed by atoms with Crippen molar-refractivity contribution in [1.82, 2.24) is 9.62 Å². The lowest BCUT2D eigenvalue weighted by molar-refractivity contribution is 0.0918. The van der Waals surface area contributed by atoms with E-state index in [2.05, 4.69) is 12.2 Å². The van der Waals surface area contributed by atoms with Crippen molar-refractivity contribution in [2.24, 2.45) is 5.92 Å². The number of methoxy groups -OCH3 is 1. The molecule has 7 heteroatoms. The first-order valence-electron chi connectivity index (χ1n) is 9.32. The molecule has 1 N–H and O–H groups in total. The van der Waals surface area contributed by atoms with E-state index in [9.17, 15) is 13.2 Å². The molecule has 146 valence electrons. The van der Waals surface area contributed by atoms with Gasteiger partial charge in [-0.15, -0.1) is 0 Å². The Morgan fingerprint density at radius 1 is 1.27 bits per heavy atom. The molecule has 6 nitrogen and oxygen atoms in total. The van der Waals surface area contributed by atoms with E-state index in [0.717, 1.165) is 19.3 Å². The fourth-order valence-corrected chi connectivity index (χ4v) is 5.05. The zero-order chi connectivity index (χ0) is 19.3. The molecule has 1 aliphatic rings.